The molecule has 0 aromatic heterocycles. The summed E-state index contributed by atoms with van der Waals surface area (Å²) in [6.45, 7) is 25.5. The maximum Gasteiger partial charge on any atom is 0.162 e. The van der Waals surface area contributed by atoms with Crippen LogP contribution in [0.1, 0.15) is 144 Å². The number of carbonyl (C=O) groups excluding carboxylic acids is 1. The molecule has 0 saturated heterocycles. The molecule has 0 aliphatic heterocycles. The van der Waals surface area contributed by atoms with Crippen LogP contribution in [-0.2, 0) is 16.0 Å². The van der Waals surface area contributed by atoms with Gasteiger partial charge in [-0.1, -0.05) is 90.8 Å². The van der Waals surface area contributed by atoms with E-state index in [-0.39, 0.29) is 35.4 Å². The van der Waals surface area contributed by atoms with Crippen LogP contribution in [0.2, 0.25) is 0 Å². The molecule has 0 amide bonds. The maximum atomic E-state index is 12.6. The van der Waals surface area contributed by atoms with Crippen LogP contribution in [-0.4, -0.2) is 29.2 Å². The van der Waals surface area contributed by atoms with Gasteiger partial charge in [-0.2, -0.15) is 0 Å². The Morgan fingerprint density at radius 1 is 0.929 bits per heavy atom. The third-order valence-electron chi connectivity index (χ3n) is 11.9. The van der Waals surface area contributed by atoms with Gasteiger partial charge in [0, 0.05) is 12.3 Å². The minimum absolute atomic E-state index is 0.122. The molecule has 2 saturated carbocycles. The molecule has 2 aliphatic carbocycles. The van der Waals surface area contributed by atoms with Crippen LogP contribution < -0.4 is 0 Å². The molecule has 6 unspecified atom stereocenters. The summed E-state index contributed by atoms with van der Waals surface area (Å²) in [5.41, 5.74) is 4.01. The molecule has 6 atom stereocenters. The lowest BCUT2D eigenvalue weighted by atomic mass is 9.62. The van der Waals surface area contributed by atoms with E-state index in [2.05, 4.69) is 65.8 Å². The van der Waals surface area contributed by atoms with Gasteiger partial charge in [0.05, 0.1) is 11.7 Å². The fourth-order valence-corrected chi connectivity index (χ4v) is 8.21. The smallest absolute Gasteiger partial charge is 0.162 e. The zero-order valence-corrected chi connectivity index (χ0v) is 28.7. The molecule has 1 aromatic carbocycles. The van der Waals surface area contributed by atoms with Crippen molar-refractivity contribution in [1.29, 1.82) is 0 Å². The largest absolute Gasteiger partial charge is 0.393 e. The zero-order chi connectivity index (χ0) is 31.3. The van der Waals surface area contributed by atoms with Crippen LogP contribution in [0.5, 0.6) is 0 Å². The molecule has 2 aliphatic rings. The number of ketones is 1. The van der Waals surface area contributed by atoms with Gasteiger partial charge in [-0.25, -0.2) is 0 Å². The normalized spacial score (nSPS) is 26.0. The van der Waals surface area contributed by atoms with E-state index < -0.39 is 0 Å². The molecule has 2 fully saturated rings. The van der Waals surface area contributed by atoms with E-state index in [4.69, 9.17) is 11.3 Å². The number of Topliss-reactive ketones (excluding diaryl/α,β-unsaturated/α-hetero) is 1. The van der Waals surface area contributed by atoms with E-state index in [1.807, 2.05) is 20.8 Å². The highest BCUT2D eigenvalue weighted by atomic mass is 16.5. The number of aliphatic hydroxyl groups excluding tert-OH is 1. The van der Waals surface area contributed by atoms with E-state index in [0.29, 0.717) is 35.5 Å². The van der Waals surface area contributed by atoms with Crippen molar-refractivity contribution < 1.29 is 14.6 Å². The van der Waals surface area contributed by atoms with Gasteiger partial charge >= 0.3 is 0 Å². The third kappa shape index (κ3) is 8.59. The number of allylic oxidation sites excluding steroid dienone is 1. The highest BCUT2D eigenvalue weighted by Crippen LogP contribution is 2.58. The number of carbonyl (C=O) groups is 1. The first-order valence-electron chi connectivity index (χ1n) is 17.3. The van der Waals surface area contributed by atoms with E-state index in [1.165, 1.54) is 36.8 Å². The molecule has 0 bridgehead atoms. The second-order valence-electron chi connectivity index (χ2n) is 15.7. The van der Waals surface area contributed by atoms with Crippen molar-refractivity contribution in [2.45, 2.75) is 151 Å². The Bertz CT molecular complexity index is 1010. The van der Waals surface area contributed by atoms with Crippen LogP contribution in [0.25, 0.3) is 0 Å². The van der Waals surface area contributed by atoms with Gasteiger partial charge in [-0.3, -0.25) is 4.79 Å². The fraction of sp³-hybridized carbons (Fsp3) is 0.769. The van der Waals surface area contributed by atoms with Crippen molar-refractivity contribution in [2.24, 2.45) is 34.5 Å². The Morgan fingerprint density at radius 2 is 1.52 bits per heavy atom. The molecule has 3 heteroatoms. The molecule has 0 spiro atoms. The highest BCUT2D eigenvalue weighted by molar-refractivity contribution is 5.82. The number of aliphatic hydroxyl groups is 1. The van der Waals surface area contributed by atoms with Crippen molar-refractivity contribution in [3.8, 4) is 0 Å². The summed E-state index contributed by atoms with van der Waals surface area (Å²) in [6.07, 6.45) is 11.7. The number of fused-ring (bicyclic) bond motifs is 1. The lowest BCUT2D eigenvalue weighted by Crippen LogP contribution is -2.32. The van der Waals surface area contributed by atoms with Crippen LogP contribution >= 0.6 is 0 Å². The molecular weight excluding hydrogens is 516 g/mol. The molecule has 42 heavy (non-hydrogen) atoms. The van der Waals surface area contributed by atoms with E-state index in [0.717, 1.165) is 44.1 Å². The minimum Gasteiger partial charge on any atom is -0.393 e. The Balaban J connectivity index is 1.93. The highest BCUT2D eigenvalue weighted by Gasteiger charge is 2.49. The van der Waals surface area contributed by atoms with Crippen LogP contribution in [0.4, 0.5) is 0 Å². The first kappa shape index (κ1) is 35.0. The molecule has 0 heterocycles. The molecule has 238 valence electrons. The van der Waals surface area contributed by atoms with Crippen LogP contribution in [0.15, 0.2) is 36.4 Å². The molecule has 0 radical (unpaired) electrons. The second kappa shape index (κ2) is 14.6. The number of hydrogen-bond acceptors (Lipinski definition) is 3. The van der Waals surface area contributed by atoms with Crippen molar-refractivity contribution in [2.75, 3.05) is 6.61 Å². The van der Waals surface area contributed by atoms with Gasteiger partial charge in [0.1, 0.15) is 6.61 Å². The van der Waals surface area contributed by atoms with Crippen LogP contribution in [0.3, 0.4) is 0 Å². The number of rotatable bonds is 14. The van der Waals surface area contributed by atoms with Gasteiger partial charge in [-0.15, -0.1) is 0 Å². The summed E-state index contributed by atoms with van der Waals surface area (Å²) in [4.78, 5) is 12.6. The minimum atomic E-state index is -0.307. The van der Waals surface area contributed by atoms with Gasteiger partial charge in [0.2, 0.25) is 0 Å². The molecule has 3 nitrogen and oxygen atoms in total. The van der Waals surface area contributed by atoms with E-state index in [9.17, 15) is 9.90 Å². The topological polar surface area (TPSA) is 46.5 Å². The van der Waals surface area contributed by atoms with Crippen molar-refractivity contribution in [1.82, 2.24) is 0 Å². The summed E-state index contributed by atoms with van der Waals surface area (Å²) in [7, 11) is 0. The summed E-state index contributed by atoms with van der Waals surface area (Å²) in [5, 5.41) is 10.5. The standard InChI is InChI=1S/C39H64O3/c1-11-38(9,12-2)25-35-33-22-21-31(40)20-19-30(33)24-34(35)27(5)36(39(10,13-3)14-4)29-17-15-28(16-18-29)23-32(41)26-42-37(6,7)8/h15-18,30-31,33-36,40H,5,11-14,19-26H2,1-4,6-10H3. The summed E-state index contributed by atoms with van der Waals surface area (Å²) < 4.78 is 5.73. The summed E-state index contributed by atoms with van der Waals surface area (Å²) in [5.74, 6) is 2.96. The van der Waals surface area contributed by atoms with Gasteiger partial charge in [0.15, 0.2) is 5.78 Å². The Kier molecular flexibility index (Phi) is 12.1. The molecule has 3 rings (SSSR count). The number of benzene rings is 1. The first-order valence-corrected chi connectivity index (χ1v) is 17.3. The predicted octanol–water partition coefficient (Wildman–Crippen LogP) is 10.1. The average molecular weight is 581 g/mol. The third-order valence-corrected chi connectivity index (χ3v) is 11.9. The van der Waals surface area contributed by atoms with Crippen molar-refractivity contribution >= 4 is 5.78 Å². The van der Waals surface area contributed by atoms with E-state index in [1.54, 1.807) is 0 Å². The van der Waals surface area contributed by atoms with Crippen molar-refractivity contribution in [3.63, 3.8) is 0 Å². The lowest BCUT2D eigenvalue weighted by molar-refractivity contribution is -0.127. The SMILES string of the molecule is C=C(C1CC2CCC(O)CCC2C1CC(C)(CC)CC)C(c1ccc(CC(=O)COC(C)(C)C)cc1)C(C)(CC)CC. The lowest BCUT2D eigenvalue weighted by Gasteiger charge is -2.43. The second-order valence-corrected chi connectivity index (χ2v) is 15.7. The van der Waals surface area contributed by atoms with Crippen LogP contribution in [0, 0.1) is 34.5 Å². The Morgan fingerprint density at radius 3 is 2.07 bits per heavy atom. The Hall–Kier alpha value is -1.45. The fourth-order valence-electron chi connectivity index (χ4n) is 8.21. The quantitative estimate of drug-likeness (QED) is 0.223. The van der Waals surface area contributed by atoms with Gasteiger partial charge < -0.3 is 9.84 Å². The summed E-state index contributed by atoms with van der Waals surface area (Å²) >= 11 is 0. The zero-order valence-electron chi connectivity index (χ0n) is 28.7. The molecular formula is C39H64O3. The van der Waals surface area contributed by atoms with Crippen molar-refractivity contribution in [3.05, 3.63) is 47.5 Å². The van der Waals surface area contributed by atoms with Gasteiger partial charge in [0.25, 0.3) is 0 Å². The first-order chi connectivity index (χ1) is 19.7. The monoisotopic (exact) mass is 580 g/mol. The summed E-state index contributed by atoms with van der Waals surface area (Å²) in [6, 6.07) is 8.90. The Labute approximate surface area is 259 Å². The van der Waals surface area contributed by atoms with Gasteiger partial charge in [-0.05, 0) is 118 Å². The maximum absolute atomic E-state index is 12.6. The molecule has 1 aromatic rings. The van der Waals surface area contributed by atoms with E-state index >= 15 is 0 Å². The predicted molar refractivity (Wildman–Crippen MR) is 178 cm³/mol. The molecule has 1 N–H and O–H groups in total. The number of hydrogen-bond donors (Lipinski definition) is 1. The number of ether oxygens (including phenoxy) is 1. The average Bonchev–Trinajstić information content (AvgIpc) is 3.19.